The lowest BCUT2D eigenvalue weighted by Gasteiger charge is -2.11. The molecule has 0 bridgehead atoms. The van der Waals surface area contributed by atoms with E-state index in [9.17, 15) is 0 Å². The second kappa shape index (κ2) is 9.17. The Labute approximate surface area is 111 Å². The van der Waals surface area contributed by atoms with Gasteiger partial charge in [0.25, 0.3) is 0 Å². The van der Waals surface area contributed by atoms with Crippen molar-refractivity contribution in [3.63, 3.8) is 0 Å². The van der Waals surface area contributed by atoms with Crippen molar-refractivity contribution < 1.29 is 5.11 Å². The quantitative estimate of drug-likeness (QED) is 0.628. The number of unbranched alkanes of at least 4 members (excludes halogenated alkanes) is 3. The number of nitrogens with zero attached hydrogens (tertiary/aromatic N) is 1. The van der Waals surface area contributed by atoms with E-state index in [2.05, 4.69) is 42.2 Å². The number of hydrogen-bond acceptors (Lipinski definition) is 2. The fraction of sp³-hybridized carbons (Fsp3) is 0.733. The Morgan fingerprint density at radius 1 is 1.28 bits per heavy atom. The molecule has 0 fully saturated rings. The standard InChI is InChI=1S/C15H28N2O/c1-3-9-16-14(2)15-8-11-17(13-15)10-6-4-5-7-12-18/h8,11,13-14,16,18H,3-7,9-10,12H2,1-2H3. The molecule has 18 heavy (non-hydrogen) atoms. The minimum Gasteiger partial charge on any atom is -0.396 e. The maximum atomic E-state index is 8.71. The van der Waals surface area contributed by atoms with Crippen molar-refractivity contribution in [2.75, 3.05) is 13.2 Å². The molecule has 1 rings (SSSR count). The van der Waals surface area contributed by atoms with Crippen LogP contribution in [0.4, 0.5) is 0 Å². The summed E-state index contributed by atoms with van der Waals surface area (Å²) in [5.74, 6) is 0. The predicted octanol–water partition coefficient (Wildman–Crippen LogP) is 3.10. The molecular formula is C15H28N2O. The first kappa shape index (κ1) is 15.3. The smallest absolute Gasteiger partial charge is 0.0431 e. The molecule has 0 amide bonds. The third kappa shape index (κ3) is 5.69. The number of aryl methyl sites for hydroxylation is 1. The van der Waals surface area contributed by atoms with Crippen molar-refractivity contribution in [1.82, 2.24) is 9.88 Å². The highest BCUT2D eigenvalue weighted by Gasteiger charge is 2.05. The van der Waals surface area contributed by atoms with Crippen molar-refractivity contribution in [1.29, 1.82) is 0 Å². The summed E-state index contributed by atoms with van der Waals surface area (Å²) in [6.07, 6.45) is 10.1. The van der Waals surface area contributed by atoms with Crippen LogP contribution in [0.25, 0.3) is 0 Å². The molecule has 104 valence electrons. The summed E-state index contributed by atoms with van der Waals surface area (Å²) in [5, 5.41) is 12.2. The number of aliphatic hydroxyl groups excluding tert-OH is 1. The van der Waals surface area contributed by atoms with E-state index in [1.807, 2.05) is 0 Å². The van der Waals surface area contributed by atoms with Gasteiger partial charge >= 0.3 is 0 Å². The molecule has 1 atom stereocenters. The predicted molar refractivity (Wildman–Crippen MR) is 76.7 cm³/mol. The fourth-order valence-electron chi connectivity index (χ4n) is 2.09. The molecule has 1 unspecified atom stereocenters. The number of rotatable bonds is 10. The first-order valence-corrected chi connectivity index (χ1v) is 7.27. The van der Waals surface area contributed by atoms with Gasteiger partial charge in [0.1, 0.15) is 0 Å². The van der Waals surface area contributed by atoms with Gasteiger partial charge in [0, 0.05) is 31.6 Å². The lowest BCUT2D eigenvalue weighted by Crippen LogP contribution is -2.18. The van der Waals surface area contributed by atoms with E-state index in [0.29, 0.717) is 12.6 Å². The van der Waals surface area contributed by atoms with Crippen LogP contribution in [0, 0.1) is 0 Å². The normalized spacial score (nSPS) is 12.8. The summed E-state index contributed by atoms with van der Waals surface area (Å²) >= 11 is 0. The minimum atomic E-state index is 0.328. The van der Waals surface area contributed by atoms with E-state index in [1.54, 1.807) is 0 Å². The Balaban J connectivity index is 2.25. The van der Waals surface area contributed by atoms with Gasteiger partial charge in [-0.05, 0) is 44.4 Å². The summed E-state index contributed by atoms with van der Waals surface area (Å²) in [6.45, 7) is 6.90. The maximum Gasteiger partial charge on any atom is 0.0431 e. The number of aliphatic hydroxyl groups is 1. The zero-order valence-electron chi connectivity index (χ0n) is 11.9. The van der Waals surface area contributed by atoms with E-state index in [-0.39, 0.29) is 0 Å². The van der Waals surface area contributed by atoms with Crippen LogP contribution in [0.2, 0.25) is 0 Å². The topological polar surface area (TPSA) is 37.2 Å². The minimum absolute atomic E-state index is 0.328. The summed E-state index contributed by atoms with van der Waals surface area (Å²) < 4.78 is 2.28. The lowest BCUT2D eigenvalue weighted by atomic mass is 10.2. The summed E-state index contributed by atoms with van der Waals surface area (Å²) in [7, 11) is 0. The average Bonchev–Trinajstić information content (AvgIpc) is 2.84. The lowest BCUT2D eigenvalue weighted by molar-refractivity contribution is 0.282. The molecular weight excluding hydrogens is 224 g/mol. The number of aromatic nitrogens is 1. The molecule has 3 heteroatoms. The Kier molecular flexibility index (Phi) is 7.78. The molecule has 1 aromatic heterocycles. The highest BCUT2D eigenvalue weighted by Crippen LogP contribution is 2.13. The van der Waals surface area contributed by atoms with Gasteiger partial charge in [0.2, 0.25) is 0 Å². The summed E-state index contributed by atoms with van der Waals surface area (Å²) in [5.41, 5.74) is 1.37. The van der Waals surface area contributed by atoms with E-state index >= 15 is 0 Å². The van der Waals surface area contributed by atoms with Gasteiger partial charge in [-0.3, -0.25) is 0 Å². The van der Waals surface area contributed by atoms with Gasteiger partial charge in [-0.2, -0.15) is 0 Å². The maximum absolute atomic E-state index is 8.71. The highest BCUT2D eigenvalue weighted by atomic mass is 16.2. The van der Waals surface area contributed by atoms with Crippen LogP contribution < -0.4 is 5.32 Å². The number of hydrogen-bond donors (Lipinski definition) is 2. The van der Waals surface area contributed by atoms with Crippen molar-refractivity contribution in [2.45, 2.75) is 58.5 Å². The second-order valence-corrected chi connectivity index (χ2v) is 5.00. The zero-order chi connectivity index (χ0) is 13.2. The van der Waals surface area contributed by atoms with Crippen LogP contribution in [0.5, 0.6) is 0 Å². The van der Waals surface area contributed by atoms with Crippen molar-refractivity contribution in [2.24, 2.45) is 0 Å². The second-order valence-electron chi connectivity index (χ2n) is 5.00. The van der Waals surface area contributed by atoms with Crippen LogP contribution >= 0.6 is 0 Å². The molecule has 0 saturated heterocycles. The largest absolute Gasteiger partial charge is 0.396 e. The molecule has 0 aliphatic heterocycles. The van der Waals surface area contributed by atoms with Gasteiger partial charge in [-0.25, -0.2) is 0 Å². The SMILES string of the molecule is CCCNC(C)c1ccn(CCCCCCO)c1. The average molecular weight is 252 g/mol. The zero-order valence-corrected chi connectivity index (χ0v) is 11.9. The third-order valence-corrected chi connectivity index (χ3v) is 3.30. The summed E-state index contributed by atoms with van der Waals surface area (Å²) in [4.78, 5) is 0. The molecule has 3 nitrogen and oxygen atoms in total. The van der Waals surface area contributed by atoms with Crippen molar-refractivity contribution in [3.8, 4) is 0 Å². The van der Waals surface area contributed by atoms with Crippen LogP contribution in [-0.2, 0) is 6.54 Å². The monoisotopic (exact) mass is 252 g/mol. The molecule has 1 heterocycles. The van der Waals surface area contributed by atoms with Gasteiger partial charge in [0.05, 0.1) is 0 Å². The highest BCUT2D eigenvalue weighted by molar-refractivity contribution is 5.14. The summed E-state index contributed by atoms with van der Waals surface area (Å²) in [6, 6.07) is 2.65. The molecule has 2 N–H and O–H groups in total. The van der Waals surface area contributed by atoms with Gasteiger partial charge in [-0.15, -0.1) is 0 Å². The molecule has 0 saturated carbocycles. The van der Waals surface area contributed by atoms with E-state index in [4.69, 9.17) is 5.11 Å². The number of nitrogens with one attached hydrogen (secondary N) is 1. The van der Waals surface area contributed by atoms with Crippen LogP contribution in [0.3, 0.4) is 0 Å². The first-order chi connectivity index (χ1) is 8.77. The molecule has 0 spiro atoms. The van der Waals surface area contributed by atoms with Crippen LogP contribution in [-0.4, -0.2) is 22.8 Å². The molecule has 1 aromatic rings. The van der Waals surface area contributed by atoms with Gasteiger partial charge < -0.3 is 15.0 Å². The molecule has 0 aliphatic rings. The van der Waals surface area contributed by atoms with E-state index in [1.165, 1.54) is 24.8 Å². The van der Waals surface area contributed by atoms with Crippen LogP contribution in [0.1, 0.15) is 57.6 Å². The Morgan fingerprint density at radius 2 is 2.06 bits per heavy atom. The van der Waals surface area contributed by atoms with Gasteiger partial charge in [-0.1, -0.05) is 19.8 Å². The molecule has 0 aromatic carbocycles. The molecule has 0 radical (unpaired) electrons. The Hall–Kier alpha value is -0.800. The van der Waals surface area contributed by atoms with Gasteiger partial charge in [0.15, 0.2) is 0 Å². The first-order valence-electron chi connectivity index (χ1n) is 7.27. The van der Waals surface area contributed by atoms with E-state index in [0.717, 1.165) is 25.9 Å². The van der Waals surface area contributed by atoms with E-state index < -0.39 is 0 Å². The third-order valence-electron chi connectivity index (χ3n) is 3.30. The Morgan fingerprint density at radius 3 is 2.78 bits per heavy atom. The van der Waals surface area contributed by atoms with Crippen LogP contribution in [0.15, 0.2) is 18.5 Å². The fourth-order valence-corrected chi connectivity index (χ4v) is 2.09. The van der Waals surface area contributed by atoms with Crippen molar-refractivity contribution in [3.05, 3.63) is 24.0 Å². The van der Waals surface area contributed by atoms with Crippen molar-refractivity contribution >= 4 is 0 Å². The molecule has 0 aliphatic carbocycles. The Bertz CT molecular complexity index is 309.